The Kier molecular flexibility index (Phi) is 4.43. The number of anilines is 1. The van der Waals surface area contributed by atoms with E-state index < -0.39 is 0 Å². The van der Waals surface area contributed by atoms with Gasteiger partial charge in [-0.2, -0.15) is 5.26 Å². The fourth-order valence-corrected chi connectivity index (χ4v) is 3.39. The lowest BCUT2D eigenvalue weighted by Crippen LogP contribution is -2.24. The summed E-state index contributed by atoms with van der Waals surface area (Å²) in [5.41, 5.74) is 2.10. The molecule has 1 aromatic heterocycles. The molecule has 0 aliphatic carbocycles. The zero-order valence-electron chi connectivity index (χ0n) is 14.7. The number of nitrogens with zero attached hydrogens (tertiary/aromatic N) is 3. The number of nitrogens with one attached hydrogen (secondary N) is 1. The molecule has 2 heterocycles. The minimum absolute atomic E-state index is 0.0315. The van der Waals surface area contributed by atoms with Crippen LogP contribution < -0.4 is 10.9 Å². The molecule has 6 heteroatoms. The Labute approximate surface area is 156 Å². The Hall–Kier alpha value is -3.46. The standard InChI is InChI=1S/C21H18N4O2/c22-13-14-5-8-16(9-6-14)23-20(26)15-7-10-17-18(12-15)24-19-4-2-1-3-11-25(19)21(17)27/h5-10,12H,1-4,11H2,(H,23,26). The normalized spacial score (nSPS) is 13.4. The molecule has 0 radical (unpaired) electrons. The lowest BCUT2D eigenvalue weighted by Gasteiger charge is -2.11. The van der Waals surface area contributed by atoms with Crippen LogP contribution >= 0.6 is 0 Å². The third-order valence-corrected chi connectivity index (χ3v) is 4.85. The van der Waals surface area contributed by atoms with Gasteiger partial charge in [0.05, 0.1) is 22.5 Å². The van der Waals surface area contributed by atoms with Crippen molar-refractivity contribution in [3.8, 4) is 6.07 Å². The Morgan fingerprint density at radius 1 is 1.11 bits per heavy atom. The average Bonchev–Trinajstić information content (AvgIpc) is 2.94. The summed E-state index contributed by atoms with van der Waals surface area (Å²) in [5, 5.41) is 12.2. The van der Waals surface area contributed by atoms with Gasteiger partial charge in [-0.3, -0.25) is 14.2 Å². The van der Waals surface area contributed by atoms with Gasteiger partial charge in [0, 0.05) is 24.2 Å². The highest BCUT2D eigenvalue weighted by molar-refractivity contribution is 6.06. The first-order valence-electron chi connectivity index (χ1n) is 9.01. The van der Waals surface area contributed by atoms with E-state index in [4.69, 9.17) is 5.26 Å². The fourth-order valence-electron chi connectivity index (χ4n) is 3.39. The molecule has 0 atom stereocenters. The van der Waals surface area contributed by atoms with E-state index in [1.807, 2.05) is 6.07 Å². The van der Waals surface area contributed by atoms with E-state index in [1.54, 1.807) is 47.0 Å². The fraction of sp³-hybridized carbons (Fsp3) is 0.238. The number of carbonyl (C=O) groups excluding carboxylic acids is 1. The zero-order valence-corrected chi connectivity index (χ0v) is 14.7. The van der Waals surface area contributed by atoms with Crippen molar-refractivity contribution in [2.24, 2.45) is 0 Å². The molecule has 0 spiro atoms. The highest BCUT2D eigenvalue weighted by atomic mass is 16.1. The molecule has 1 amide bonds. The van der Waals surface area contributed by atoms with Crippen LogP contribution in [-0.2, 0) is 13.0 Å². The van der Waals surface area contributed by atoms with Crippen molar-refractivity contribution >= 4 is 22.5 Å². The molecular formula is C21H18N4O2. The molecular weight excluding hydrogens is 340 g/mol. The predicted octanol–water partition coefficient (Wildman–Crippen LogP) is 3.25. The third-order valence-electron chi connectivity index (χ3n) is 4.85. The molecule has 0 fully saturated rings. The summed E-state index contributed by atoms with van der Waals surface area (Å²) < 4.78 is 1.77. The summed E-state index contributed by atoms with van der Waals surface area (Å²) in [7, 11) is 0. The minimum Gasteiger partial charge on any atom is -0.322 e. The zero-order chi connectivity index (χ0) is 18.8. The largest absolute Gasteiger partial charge is 0.322 e. The molecule has 1 aliphatic heterocycles. The number of fused-ring (bicyclic) bond motifs is 2. The lowest BCUT2D eigenvalue weighted by atomic mass is 10.1. The molecule has 2 aromatic carbocycles. The number of aromatic nitrogens is 2. The van der Waals surface area contributed by atoms with Crippen LogP contribution in [-0.4, -0.2) is 15.5 Å². The molecule has 0 bridgehead atoms. The van der Waals surface area contributed by atoms with Gasteiger partial charge in [0.25, 0.3) is 11.5 Å². The number of aryl methyl sites for hydroxylation is 1. The summed E-state index contributed by atoms with van der Waals surface area (Å²) in [4.78, 5) is 30.0. The Bertz CT molecular complexity index is 1120. The maximum absolute atomic E-state index is 12.8. The van der Waals surface area contributed by atoms with E-state index in [-0.39, 0.29) is 11.5 Å². The predicted molar refractivity (Wildman–Crippen MR) is 103 cm³/mol. The third kappa shape index (κ3) is 3.32. The maximum atomic E-state index is 12.8. The van der Waals surface area contributed by atoms with Crippen LogP contribution in [0.5, 0.6) is 0 Å². The molecule has 1 aliphatic rings. The summed E-state index contributed by atoms with van der Waals surface area (Å²) >= 11 is 0. The highest BCUT2D eigenvalue weighted by Crippen LogP contribution is 2.17. The molecule has 4 rings (SSSR count). The first kappa shape index (κ1) is 17.0. The van der Waals surface area contributed by atoms with Gasteiger partial charge in [-0.25, -0.2) is 4.98 Å². The van der Waals surface area contributed by atoms with Crippen molar-refractivity contribution in [2.75, 3.05) is 5.32 Å². The first-order chi connectivity index (χ1) is 13.2. The van der Waals surface area contributed by atoms with Crippen molar-refractivity contribution in [3.05, 3.63) is 69.8 Å². The van der Waals surface area contributed by atoms with Crippen molar-refractivity contribution in [2.45, 2.75) is 32.2 Å². The van der Waals surface area contributed by atoms with E-state index in [1.165, 1.54) is 0 Å². The Balaban J connectivity index is 1.67. The van der Waals surface area contributed by atoms with Crippen molar-refractivity contribution in [3.63, 3.8) is 0 Å². The number of benzene rings is 2. The van der Waals surface area contributed by atoms with Gasteiger partial charge in [0.1, 0.15) is 5.82 Å². The maximum Gasteiger partial charge on any atom is 0.261 e. The van der Waals surface area contributed by atoms with Gasteiger partial charge < -0.3 is 5.32 Å². The summed E-state index contributed by atoms with van der Waals surface area (Å²) in [6.45, 7) is 0.706. The number of amides is 1. The quantitative estimate of drug-likeness (QED) is 0.762. The van der Waals surface area contributed by atoms with Gasteiger partial charge in [-0.1, -0.05) is 6.42 Å². The molecule has 134 valence electrons. The molecule has 1 N–H and O–H groups in total. The molecule has 6 nitrogen and oxygen atoms in total. The number of hydrogen-bond donors (Lipinski definition) is 1. The number of hydrogen-bond acceptors (Lipinski definition) is 4. The van der Waals surface area contributed by atoms with Crippen molar-refractivity contribution in [1.82, 2.24) is 9.55 Å². The molecule has 0 unspecified atom stereocenters. The van der Waals surface area contributed by atoms with E-state index in [0.29, 0.717) is 34.3 Å². The van der Waals surface area contributed by atoms with Crippen LogP contribution in [0.2, 0.25) is 0 Å². The van der Waals surface area contributed by atoms with Crippen LogP contribution in [0.25, 0.3) is 10.9 Å². The first-order valence-corrected chi connectivity index (χ1v) is 9.01. The van der Waals surface area contributed by atoms with Crippen LogP contribution in [0.1, 0.15) is 41.0 Å². The van der Waals surface area contributed by atoms with E-state index in [9.17, 15) is 9.59 Å². The number of rotatable bonds is 2. The van der Waals surface area contributed by atoms with Gasteiger partial charge in [-0.15, -0.1) is 0 Å². The molecule has 27 heavy (non-hydrogen) atoms. The van der Waals surface area contributed by atoms with Gasteiger partial charge in [0.2, 0.25) is 0 Å². The second-order valence-corrected chi connectivity index (χ2v) is 6.67. The van der Waals surface area contributed by atoms with Gasteiger partial charge >= 0.3 is 0 Å². The molecule has 0 saturated carbocycles. The summed E-state index contributed by atoms with van der Waals surface area (Å²) in [6.07, 6.45) is 3.90. The van der Waals surface area contributed by atoms with Crippen molar-refractivity contribution in [1.29, 1.82) is 5.26 Å². The second kappa shape index (κ2) is 7.04. The topological polar surface area (TPSA) is 87.8 Å². The Morgan fingerprint density at radius 2 is 1.93 bits per heavy atom. The van der Waals surface area contributed by atoms with Crippen LogP contribution in [0.4, 0.5) is 5.69 Å². The lowest BCUT2D eigenvalue weighted by molar-refractivity contribution is 0.102. The second-order valence-electron chi connectivity index (χ2n) is 6.67. The van der Waals surface area contributed by atoms with Crippen LogP contribution in [0.3, 0.4) is 0 Å². The number of carbonyl (C=O) groups is 1. The SMILES string of the molecule is N#Cc1ccc(NC(=O)c2ccc3c(=O)n4c(nc3c2)CCCCC4)cc1. The molecule has 3 aromatic rings. The average molecular weight is 358 g/mol. The van der Waals surface area contributed by atoms with Gasteiger partial charge in [0.15, 0.2) is 0 Å². The summed E-state index contributed by atoms with van der Waals surface area (Å²) in [5.74, 6) is 0.521. The minimum atomic E-state index is -0.279. The Morgan fingerprint density at radius 3 is 2.70 bits per heavy atom. The number of nitriles is 1. The monoisotopic (exact) mass is 358 g/mol. The summed E-state index contributed by atoms with van der Waals surface area (Å²) in [6, 6.07) is 13.7. The van der Waals surface area contributed by atoms with Crippen LogP contribution in [0, 0.1) is 11.3 Å². The van der Waals surface area contributed by atoms with E-state index >= 15 is 0 Å². The van der Waals surface area contributed by atoms with Crippen LogP contribution in [0.15, 0.2) is 47.3 Å². The van der Waals surface area contributed by atoms with E-state index in [2.05, 4.69) is 10.3 Å². The smallest absolute Gasteiger partial charge is 0.261 e. The van der Waals surface area contributed by atoms with Crippen molar-refractivity contribution < 1.29 is 4.79 Å². The molecule has 0 saturated heterocycles. The van der Waals surface area contributed by atoms with Gasteiger partial charge in [-0.05, 0) is 55.3 Å². The van der Waals surface area contributed by atoms with E-state index in [0.717, 1.165) is 31.5 Å². The highest BCUT2D eigenvalue weighted by Gasteiger charge is 2.15.